The smallest absolute Gasteiger partial charge is 0.462 e. The predicted molar refractivity (Wildman–Crippen MR) is 349 cm³/mol. The number of carbonyl (C=O) groups excluding carboxylic acids is 4. The standard InChI is InChI=1S/C68H132O17P2/c1-6-9-12-15-18-21-24-25-28-33-37-42-47-52-66(71)79-58-64(85-68(73)54-49-44-39-34-29-26-27-30-35-40-45-50-61(4)5)60-83-87(76,77)81-56-62(69)55-80-86(74,75)82-59-63(84-67(72)53-48-43-38-32-23-20-17-14-11-8-3)57-78-65(70)51-46-41-36-31-22-19-16-13-10-7-2/h61-64,69H,6-60H2,1-5H3,(H,74,75)(H,76,77)/t62-,63+,64+/m0/s1. The lowest BCUT2D eigenvalue weighted by molar-refractivity contribution is -0.161. The van der Waals surface area contributed by atoms with Gasteiger partial charge in [-0.05, 0) is 31.6 Å². The van der Waals surface area contributed by atoms with Crippen molar-refractivity contribution < 1.29 is 80.2 Å². The van der Waals surface area contributed by atoms with Gasteiger partial charge in [-0.3, -0.25) is 37.3 Å². The number of hydrogen-bond acceptors (Lipinski definition) is 15. The van der Waals surface area contributed by atoms with Crippen LogP contribution in [0.2, 0.25) is 0 Å². The summed E-state index contributed by atoms with van der Waals surface area (Å²) in [4.78, 5) is 72.4. The van der Waals surface area contributed by atoms with Gasteiger partial charge in [0.2, 0.25) is 0 Å². The maximum atomic E-state index is 13.0. The molecular formula is C68H132O17P2. The number of ether oxygens (including phenoxy) is 4. The number of esters is 4. The van der Waals surface area contributed by atoms with E-state index in [1.54, 1.807) is 0 Å². The van der Waals surface area contributed by atoms with Gasteiger partial charge in [0, 0.05) is 25.7 Å². The summed E-state index contributed by atoms with van der Waals surface area (Å²) in [5.74, 6) is -1.36. The lowest BCUT2D eigenvalue weighted by Crippen LogP contribution is -2.30. The fraction of sp³-hybridized carbons (Fsp3) is 0.941. The van der Waals surface area contributed by atoms with Crippen molar-refractivity contribution >= 4 is 39.5 Å². The van der Waals surface area contributed by atoms with Crippen LogP contribution in [0.3, 0.4) is 0 Å². The zero-order valence-corrected chi connectivity index (χ0v) is 57.9. The van der Waals surface area contributed by atoms with E-state index < -0.39 is 97.5 Å². The van der Waals surface area contributed by atoms with Crippen LogP contribution in [-0.4, -0.2) is 96.7 Å². The second kappa shape index (κ2) is 61.6. The molecule has 0 bridgehead atoms. The Bertz CT molecular complexity index is 1690. The number of aliphatic hydroxyl groups excluding tert-OH is 1. The normalized spacial score (nSPS) is 14.1. The Hall–Kier alpha value is -1.94. The van der Waals surface area contributed by atoms with Crippen molar-refractivity contribution in [1.82, 2.24) is 0 Å². The fourth-order valence-electron chi connectivity index (χ4n) is 10.3. The summed E-state index contributed by atoms with van der Waals surface area (Å²) in [7, 11) is -9.89. The molecule has 0 aliphatic heterocycles. The highest BCUT2D eigenvalue weighted by Crippen LogP contribution is 2.45. The molecular weight excluding hydrogens is 1150 g/mol. The minimum atomic E-state index is -4.95. The Morgan fingerprint density at radius 2 is 0.529 bits per heavy atom. The second-order valence-electron chi connectivity index (χ2n) is 25.0. The van der Waals surface area contributed by atoms with Gasteiger partial charge in [0.25, 0.3) is 0 Å². The van der Waals surface area contributed by atoms with Gasteiger partial charge >= 0.3 is 39.5 Å². The number of hydrogen-bond donors (Lipinski definition) is 3. The molecule has 0 aliphatic rings. The molecule has 2 unspecified atom stereocenters. The molecule has 0 aromatic rings. The molecule has 5 atom stereocenters. The Balaban J connectivity index is 5.24. The van der Waals surface area contributed by atoms with Crippen molar-refractivity contribution in [3.05, 3.63) is 0 Å². The molecule has 0 radical (unpaired) electrons. The van der Waals surface area contributed by atoms with E-state index in [4.69, 9.17) is 37.0 Å². The minimum Gasteiger partial charge on any atom is -0.462 e. The van der Waals surface area contributed by atoms with E-state index in [1.165, 1.54) is 173 Å². The molecule has 19 heteroatoms. The third-order valence-electron chi connectivity index (χ3n) is 15.8. The molecule has 17 nitrogen and oxygen atoms in total. The monoisotopic (exact) mass is 1280 g/mol. The first kappa shape index (κ1) is 85.1. The number of aliphatic hydroxyl groups is 1. The van der Waals surface area contributed by atoms with E-state index in [1.807, 2.05) is 0 Å². The van der Waals surface area contributed by atoms with Crippen LogP contribution >= 0.6 is 15.6 Å². The fourth-order valence-corrected chi connectivity index (χ4v) is 11.9. The molecule has 0 fully saturated rings. The highest BCUT2D eigenvalue weighted by atomic mass is 31.2. The van der Waals surface area contributed by atoms with Gasteiger partial charge in [0.15, 0.2) is 12.2 Å². The SMILES string of the molecule is CCCCCCCCCCCCCCCC(=O)OC[C@H](COP(=O)(O)OC[C@@H](O)COP(=O)(O)OC[C@@H](COC(=O)CCCCCCCCCCCC)OC(=O)CCCCCCCCCCCC)OC(=O)CCCCCCCCCCCCCC(C)C. The van der Waals surface area contributed by atoms with Gasteiger partial charge in [0.05, 0.1) is 26.4 Å². The van der Waals surface area contributed by atoms with Gasteiger partial charge in [-0.1, -0.05) is 298 Å². The van der Waals surface area contributed by atoms with E-state index >= 15 is 0 Å². The Labute approximate surface area is 530 Å². The van der Waals surface area contributed by atoms with Crippen molar-refractivity contribution in [2.45, 2.75) is 368 Å². The topological polar surface area (TPSA) is 237 Å². The number of carbonyl (C=O) groups is 4. The van der Waals surface area contributed by atoms with Crippen molar-refractivity contribution in [3.63, 3.8) is 0 Å². The second-order valence-corrected chi connectivity index (χ2v) is 27.9. The first-order valence-electron chi connectivity index (χ1n) is 35.6. The summed E-state index contributed by atoms with van der Waals surface area (Å²) in [5.41, 5.74) is 0. The van der Waals surface area contributed by atoms with Crippen molar-refractivity contribution in [1.29, 1.82) is 0 Å². The summed E-state index contributed by atoms with van der Waals surface area (Å²) in [6, 6.07) is 0. The minimum absolute atomic E-state index is 0.107. The van der Waals surface area contributed by atoms with Gasteiger partial charge in [-0.15, -0.1) is 0 Å². The quantitative estimate of drug-likeness (QED) is 0.0222. The van der Waals surface area contributed by atoms with Crippen molar-refractivity contribution in [2.75, 3.05) is 39.6 Å². The first-order chi connectivity index (χ1) is 42.0. The molecule has 0 aromatic carbocycles. The molecule has 3 N–H and O–H groups in total. The molecule has 0 spiro atoms. The van der Waals surface area contributed by atoms with E-state index in [2.05, 4.69) is 34.6 Å². The van der Waals surface area contributed by atoms with Gasteiger partial charge in [-0.25, -0.2) is 9.13 Å². The Kier molecular flexibility index (Phi) is 60.2. The third-order valence-corrected chi connectivity index (χ3v) is 17.7. The van der Waals surface area contributed by atoms with E-state index in [0.29, 0.717) is 25.7 Å². The highest BCUT2D eigenvalue weighted by Gasteiger charge is 2.30. The van der Waals surface area contributed by atoms with Crippen molar-refractivity contribution in [2.24, 2.45) is 5.92 Å². The van der Waals surface area contributed by atoms with Crippen LogP contribution < -0.4 is 0 Å². The summed E-state index contributed by atoms with van der Waals surface area (Å²) in [6.45, 7) is 7.22. The predicted octanol–water partition coefficient (Wildman–Crippen LogP) is 19.4. The average molecular weight is 1280 g/mol. The van der Waals surface area contributed by atoms with Gasteiger partial charge < -0.3 is 33.8 Å². The summed E-state index contributed by atoms with van der Waals surface area (Å²) in [5, 5.41) is 10.6. The third kappa shape index (κ3) is 62.6. The van der Waals surface area contributed by atoms with E-state index in [9.17, 15) is 43.2 Å². The van der Waals surface area contributed by atoms with Crippen LogP contribution in [-0.2, 0) is 65.4 Å². The molecule has 0 heterocycles. The summed E-state index contributed by atoms with van der Waals surface area (Å²) >= 11 is 0. The highest BCUT2D eigenvalue weighted by molar-refractivity contribution is 7.47. The number of phosphoric ester groups is 2. The number of rotatable bonds is 68. The first-order valence-corrected chi connectivity index (χ1v) is 38.6. The van der Waals surface area contributed by atoms with Crippen LogP contribution in [0, 0.1) is 5.92 Å². The van der Waals surface area contributed by atoms with Crippen LogP contribution in [0.4, 0.5) is 0 Å². The van der Waals surface area contributed by atoms with E-state index in [0.717, 1.165) is 95.8 Å². The van der Waals surface area contributed by atoms with Crippen molar-refractivity contribution in [3.8, 4) is 0 Å². The largest absolute Gasteiger partial charge is 0.472 e. The lowest BCUT2D eigenvalue weighted by Gasteiger charge is -2.21. The number of phosphoric acid groups is 2. The maximum Gasteiger partial charge on any atom is 0.472 e. The van der Waals surface area contributed by atoms with Gasteiger partial charge in [0.1, 0.15) is 19.3 Å². The molecule has 0 rings (SSSR count). The number of unbranched alkanes of at least 4 members (excludes halogenated alkanes) is 40. The van der Waals surface area contributed by atoms with Crippen LogP contribution in [0.5, 0.6) is 0 Å². The molecule has 0 saturated heterocycles. The zero-order valence-electron chi connectivity index (χ0n) is 56.2. The molecule has 87 heavy (non-hydrogen) atoms. The molecule has 0 amide bonds. The molecule has 0 aliphatic carbocycles. The average Bonchev–Trinajstić information content (AvgIpc) is 3.69. The van der Waals surface area contributed by atoms with Crippen LogP contribution in [0.1, 0.15) is 349 Å². The summed E-state index contributed by atoms with van der Waals surface area (Å²) in [6.07, 6.45) is 47.0. The zero-order chi connectivity index (χ0) is 64.2. The molecule has 516 valence electrons. The molecule has 0 aromatic heterocycles. The van der Waals surface area contributed by atoms with Crippen LogP contribution in [0.15, 0.2) is 0 Å². The molecule has 0 saturated carbocycles. The van der Waals surface area contributed by atoms with E-state index in [-0.39, 0.29) is 25.7 Å². The van der Waals surface area contributed by atoms with Gasteiger partial charge in [-0.2, -0.15) is 0 Å². The lowest BCUT2D eigenvalue weighted by atomic mass is 10.0. The Morgan fingerprint density at radius 3 is 0.782 bits per heavy atom. The Morgan fingerprint density at radius 1 is 0.310 bits per heavy atom. The summed E-state index contributed by atoms with van der Waals surface area (Å²) < 4.78 is 68.2. The van der Waals surface area contributed by atoms with Crippen LogP contribution in [0.25, 0.3) is 0 Å². The maximum absolute atomic E-state index is 13.0.